The number of aliphatic hydroxyl groups is 1. The molecule has 1 amide bonds. The van der Waals surface area contributed by atoms with Crippen molar-refractivity contribution in [1.29, 1.82) is 0 Å². The first kappa shape index (κ1) is 22.4. The lowest BCUT2D eigenvalue weighted by Gasteiger charge is -2.33. The number of rotatable bonds is 9. The number of likely N-dealkylation sites (N-methyl/N-ethyl adjacent to an activating group) is 1. The van der Waals surface area contributed by atoms with Crippen molar-refractivity contribution in [3.05, 3.63) is 84.3 Å². The first-order chi connectivity index (χ1) is 14.9. The lowest BCUT2D eigenvalue weighted by molar-refractivity contribution is -0.138. The molecule has 0 aliphatic rings. The van der Waals surface area contributed by atoms with Crippen LogP contribution in [0.4, 0.5) is 5.69 Å². The van der Waals surface area contributed by atoms with Gasteiger partial charge in [-0.05, 0) is 48.9 Å². The average molecular weight is 423 g/mol. The normalized spacial score (nSPS) is 14.9. The highest BCUT2D eigenvalue weighted by Crippen LogP contribution is 2.30. The Bertz CT molecular complexity index is 941. The maximum Gasteiger partial charge on any atom is 0.228 e. The first-order valence-corrected chi connectivity index (χ1v) is 10.4. The van der Waals surface area contributed by atoms with E-state index >= 15 is 0 Å². The molecule has 1 heterocycles. The van der Waals surface area contributed by atoms with Gasteiger partial charge in [0.25, 0.3) is 0 Å². The Morgan fingerprint density at radius 2 is 1.71 bits per heavy atom. The first-order valence-electron chi connectivity index (χ1n) is 10.4. The van der Waals surface area contributed by atoms with Crippen molar-refractivity contribution >= 4 is 11.6 Å². The third-order valence-electron chi connectivity index (χ3n) is 5.71. The number of anilines is 1. The second-order valence-electron chi connectivity index (χ2n) is 7.70. The highest BCUT2D eigenvalue weighted by molar-refractivity contribution is 5.80. The average Bonchev–Trinajstić information content (AvgIpc) is 3.35. The Labute approximate surface area is 183 Å². The Hall–Kier alpha value is -3.25. The van der Waals surface area contributed by atoms with Crippen LogP contribution in [0.1, 0.15) is 37.3 Å². The Morgan fingerprint density at radius 3 is 2.29 bits per heavy atom. The molecular weight excluding hydrogens is 392 g/mol. The molecule has 0 radical (unpaired) electrons. The van der Waals surface area contributed by atoms with Crippen LogP contribution in [0, 0.1) is 5.92 Å². The van der Waals surface area contributed by atoms with E-state index < -0.39 is 18.1 Å². The van der Waals surface area contributed by atoms with Gasteiger partial charge in [-0.15, -0.1) is 0 Å². The van der Waals surface area contributed by atoms with Gasteiger partial charge in [0, 0.05) is 12.7 Å². The molecule has 0 fully saturated rings. The van der Waals surface area contributed by atoms with E-state index in [-0.39, 0.29) is 11.9 Å². The largest absolute Gasteiger partial charge is 0.497 e. The van der Waals surface area contributed by atoms with Gasteiger partial charge in [-0.25, -0.2) is 0 Å². The number of nitrogens with one attached hydrogen (secondary N) is 1. The number of nitrogens with zero attached hydrogens (tertiary/aromatic N) is 1. The summed E-state index contributed by atoms with van der Waals surface area (Å²) in [5, 5.41) is 14.2. The Balaban J connectivity index is 1.77. The number of benzene rings is 2. The molecule has 31 heavy (non-hydrogen) atoms. The predicted molar refractivity (Wildman–Crippen MR) is 121 cm³/mol. The summed E-state index contributed by atoms with van der Waals surface area (Å²) in [6.45, 7) is 3.71. The monoisotopic (exact) mass is 422 g/mol. The van der Waals surface area contributed by atoms with Crippen LogP contribution in [0.2, 0.25) is 0 Å². The minimum absolute atomic E-state index is 0.0927. The van der Waals surface area contributed by atoms with Gasteiger partial charge >= 0.3 is 0 Å². The van der Waals surface area contributed by atoms with E-state index in [1.165, 1.54) is 0 Å². The topological polar surface area (TPSA) is 74.9 Å². The number of carbonyl (C=O) groups excluding carboxylic acids is 1. The van der Waals surface area contributed by atoms with Gasteiger partial charge in [0.05, 0.1) is 37.5 Å². The van der Waals surface area contributed by atoms with Crippen LogP contribution in [-0.4, -0.2) is 36.1 Å². The molecule has 0 spiro atoms. The van der Waals surface area contributed by atoms with Crippen LogP contribution in [-0.2, 0) is 4.79 Å². The van der Waals surface area contributed by atoms with E-state index in [9.17, 15) is 9.90 Å². The van der Waals surface area contributed by atoms with Gasteiger partial charge in [0.2, 0.25) is 5.91 Å². The molecule has 6 nitrogen and oxygen atoms in total. The summed E-state index contributed by atoms with van der Waals surface area (Å²) in [5.74, 6) is 0.891. The van der Waals surface area contributed by atoms with Crippen molar-refractivity contribution in [3.8, 4) is 5.75 Å². The quantitative estimate of drug-likeness (QED) is 0.525. The highest BCUT2D eigenvalue weighted by Gasteiger charge is 2.33. The number of hydrogen-bond donors (Lipinski definition) is 2. The maximum absolute atomic E-state index is 13.4. The summed E-state index contributed by atoms with van der Waals surface area (Å²) in [4.78, 5) is 15.0. The second-order valence-corrected chi connectivity index (χ2v) is 7.70. The standard InChI is InChI=1S/C25H30N2O4/c1-17(25(29)27(3)18(2)24(28)19-9-6-5-7-10-19)23(22-11-8-16-31-22)26-20-12-14-21(30-4)15-13-20/h5-18,23-24,26,28H,1-4H3/t17-,18+,23+,24-/m1/s1. The van der Waals surface area contributed by atoms with Crippen molar-refractivity contribution in [2.45, 2.75) is 32.0 Å². The third-order valence-corrected chi connectivity index (χ3v) is 5.71. The molecule has 0 aliphatic carbocycles. The van der Waals surface area contributed by atoms with E-state index in [4.69, 9.17) is 9.15 Å². The SMILES string of the molecule is COc1ccc(N[C@H](c2ccco2)[C@@H](C)C(=O)N(C)[C@@H](C)[C@@H](O)c2ccccc2)cc1. The molecule has 3 aromatic rings. The van der Waals surface area contributed by atoms with Crippen molar-refractivity contribution in [1.82, 2.24) is 4.90 Å². The predicted octanol–water partition coefficient (Wildman–Crippen LogP) is 4.66. The molecule has 3 rings (SSSR count). The van der Waals surface area contributed by atoms with Gasteiger partial charge in [-0.2, -0.15) is 0 Å². The molecule has 2 N–H and O–H groups in total. The summed E-state index contributed by atoms with van der Waals surface area (Å²) in [6, 6.07) is 19.8. The molecule has 164 valence electrons. The fourth-order valence-electron chi connectivity index (χ4n) is 3.58. The van der Waals surface area contributed by atoms with E-state index in [1.807, 2.05) is 74.5 Å². The van der Waals surface area contributed by atoms with Crippen LogP contribution in [0.3, 0.4) is 0 Å². The Morgan fingerprint density at radius 1 is 1.03 bits per heavy atom. The van der Waals surface area contributed by atoms with Crippen LogP contribution >= 0.6 is 0 Å². The van der Waals surface area contributed by atoms with Crippen LogP contribution in [0.15, 0.2) is 77.4 Å². The Kier molecular flexibility index (Phi) is 7.36. The van der Waals surface area contributed by atoms with Gasteiger partial charge in [-0.1, -0.05) is 37.3 Å². The molecule has 2 aromatic carbocycles. The van der Waals surface area contributed by atoms with Gasteiger partial charge < -0.3 is 24.5 Å². The number of furan rings is 1. The number of hydrogen-bond acceptors (Lipinski definition) is 5. The molecule has 1 aromatic heterocycles. The van der Waals surface area contributed by atoms with Crippen molar-refractivity contribution in [2.24, 2.45) is 5.92 Å². The molecule has 6 heteroatoms. The van der Waals surface area contributed by atoms with E-state index in [1.54, 1.807) is 31.4 Å². The van der Waals surface area contributed by atoms with Gasteiger partial charge in [0.15, 0.2) is 0 Å². The number of aliphatic hydroxyl groups excluding tert-OH is 1. The molecule has 0 bridgehead atoms. The molecule has 0 saturated heterocycles. The summed E-state index contributed by atoms with van der Waals surface area (Å²) in [7, 11) is 3.35. The minimum atomic E-state index is -0.779. The third kappa shape index (κ3) is 5.27. The summed E-state index contributed by atoms with van der Waals surface area (Å²) < 4.78 is 10.9. The lowest BCUT2D eigenvalue weighted by atomic mass is 9.95. The van der Waals surface area contributed by atoms with E-state index in [2.05, 4.69) is 5.32 Å². The maximum atomic E-state index is 13.4. The summed E-state index contributed by atoms with van der Waals surface area (Å²) in [5.41, 5.74) is 1.63. The molecule has 4 atom stereocenters. The van der Waals surface area contributed by atoms with Crippen molar-refractivity contribution < 1.29 is 19.1 Å². The van der Waals surface area contributed by atoms with Gasteiger partial charge in [0.1, 0.15) is 11.5 Å². The summed E-state index contributed by atoms with van der Waals surface area (Å²) in [6.07, 6.45) is 0.819. The van der Waals surface area contributed by atoms with Crippen molar-refractivity contribution in [3.63, 3.8) is 0 Å². The highest BCUT2D eigenvalue weighted by atomic mass is 16.5. The van der Waals surface area contributed by atoms with E-state index in [0.717, 1.165) is 17.0 Å². The zero-order chi connectivity index (χ0) is 22.4. The minimum Gasteiger partial charge on any atom is -0.497 e. The zero-order valence-electron chi connectivity index (χ0n) is 18.4. The fraction of sp³-hybridized carbons (Fsp3) is 0.320. The summed E-state index contributed by atoms with van der Waals surface area (Å²) >= 11 is 0. The zero-order valence-corrected chi connectivity index (χ0v) is 18.4. The molecule has 0 saturated carbocycles. The molecular formula is C25H30N2O4. The molecule has 0 aliphatic heterocycles. The van der Waals surface area contributed by atoms with Crippen LogP contribution in [0.25, 0.3) is 0 Å². The number of methoxy groups -OCH3 is 1. The fourth-order valence-corrected chi connectivity index (χ4v) is 3.58. The molecule has 0 unspecified atom stereocenters. The van der Waals surface area contributed by atoms with E-state index in [0.29, 0.717) is 5.76 Å². The smallest absolute Gasteiger partial charge is 0.228 e. The van der Waals surface area contributed by atoms with Gasteiger partial charge in [-0.3, -0.25) is 4.79 Å². The lowest BCUT2D eigenvalue weighted by Crippen LogP contribution is -2.43. The number of ether oxygens (including phenoxy) is 1. The second kappa shape index (κ2) is 10.2. The van der Waals surface area contributed by atoms with Crippen LogP contribution < -0.4 is 10.1 Å². The number of carbonyl (C=O) groups is 1. The van der Waals surface area contributed by atoms with Crippen molar-refractivity contribution in [2.75, 3.05) is 19.5 Å². The van der Waals surface area contributed by atoms with Crippen LogP contribution in [0.5, 0.6) is 5.75 Å². The number of amides is 1.